The van der Waals surface area contributed by atoms with Gasteiger partial charge >= 0.3 is 6.18 Å². The lowest BCUT2D eigenvalue weighted by Gasteiger charge is -2.13. The van der Waals surface area contributed by atoms with E-state index < -0.39 is 11.7 Å². The summed E-state index contributed by atoms with van der Waals surface area (Å²) in [5.74, 6) is 0. The van der Waals surface area contributed by atoms with Gasteiger partial charge in [0.25, 0.3) is 0 Å². The number of halogens is 3. The molecule has 1 nitrogen and oxygen atoms in total. The molecule has 5 heteroatoms. The van der Waals surface area contributed by atoms with Crippen molar-refractivity contribution in [2.75, 3.05) is 0 Å². The molecule has 0 aliphatic rings. The number of hydrogen-bond donors (Lipinski definition) is 0. The number of aryl methyl sites for hydroxylation is 1. The van der Waals surface area contributed by atoms with E-state index in [0.717, 1.165) is 11.3 Å². The largest absolute Gasteiger partial charge is 0.419 e. The third kappa shape index (κ3) is 3.04. The quantitative estimate of drug-likeness (QED) is 0.760. The average Bonchev–Trinajstić information content (AvgIpc) is 2.75. The molecule has 2 aromatic rings. The van der Waals surface area contributed by atoms with Crippen molar-refractivity contribution in [1.29, 1.82) is 0 Å². The Hall–Kier alpha value is -1.62. The third-order valence-corrected chi connectivity index (χ3v) is 3.68. The van der Waals surface area contributed by atoms with Gasteiger partial charge in [-0.25, -0.2) is 4.98 Å². The van der Waals surface area contributed by atoms with Crippen LogP contribution in [0.2, 0.25) is 0 Å². The number of rotatable bonds is 2. The standard InChI is InChI=1S/C14H12F3NS/c1-9-8-19-13(18-9)12(14(15,16)17)10(2)11-6-4-3-5-7-11/h3-8H,1-2H3/b12-10+. The van der Waals surface area contributed by atoms with Gasteiger partial charge in [-0.3, -0.25) is 0 Å². The molecule has 0 saturated heterocycles. The molecular formula is C14H12F3NS. The minimum atomic E-state index is -4.41. The molecule has 0 aliphatic carbocycles. The minimum Gasteiger partial charge on any atom is -0.241 e. The molecule has 19 heavy (non-hydrogen) atoms. The SMILES string of the molecule is C/C(=C(/c1nc(C)cs1)C(F)(F)F)c1ccccc1. The Kier molecular flexibility index (Phi) is 3.75. The van der Waals surface area contributed by atoms with E-state index in [9.17, 15) is 13.2 Å². The van der Waals surface area contributed by atoms with Crippen molar-refractivity contribution >= 4 is 22.5 Å². The van der Waals surface area contributed by atoms with Crippen molar-refractivity contribution in [3.05, 3.63) is 52.0 Å². The molecule has 0 spiro atoms. The second-order valence-corrected chi connectivity index (χ2v) is 5.02. The molecule has 0 aliphatic heterocycles. The fraction of sp³-hybridized carbons (Fsp3) is 0.214. The lowest BCUT2D eigenvalue weighted by atomic mass is 10.0. The highest BCUT2D eigenvalue weighted by molar-refractivity contribution is 7.10. The van der Waals surface area contributed by atoms with Gasteiger partial charge in [-0.2, -0.15) is 13.2 Å². The molecule has 0 atom stereocenters. The monoisotopic (exact) mass is 283 g/mol. The van der Waals surface area contributed by atoms with E-state index in [2.05, 4.69) is 4.98 Å². The van der Waals surface area contributed by atoms with Gasteiger partial charge in [0.1, 0.15) is 5.01 Å². The van der Waals surface area contributed by atoms with Crippen molar-refractivity contribution in [3.8, 4) is 0 Å². The molecule has 0 amide bonds. The summed E-state index contributed by atoms with van der Waals surface area (Å²) in [6, 6.07) is 8.56. The molecule has 100 valence electrons. The van der Waals surface area contributed by atoms with Crippen molar-refractivity contribution in [2.24, 2.45) is 0 Å². The average molecular weight is 283 g/mol. The first-order valence-corrected chi connectivity index (χ1v) is 6.53. The normalized spacial score (nSPS) is 13.3. The Morgan fingerprint density at radius 1 is 1.16 bits per heavy atom. The molecule has 1 heterocycles. The fourth-order valence-corrected chi connectivity index (χ4v) is 2.71. The summed E-state index contributed by atoms with van der Waals surface area (Å²) in [6.07, 6.45) is -4.41. The van der Waals surface area contributed by atoms with Crippen molar-refractivity contribution < 1.29 is 13.2 Å². The smallest absolute Gasteiger partial charge is 0.241 e. The molecule has 2 rings (SSSR count). The number of hydrogen-bond acceptors (Lipinski definition) is 2. The van der Waals surface area contributed by atoms with Crippen LogP contribution in [0.5, 0.6) is 0 Å². The van der Waals surface area contributed by atoms with Crippen LogP contribution >= 0.6 is 11.3 Å². The van der Waals surface area contributed by atoms with Crippen LogP contribution in [0.1, 0.15) is 23.2 Å². The van der Waals surface area contributed by atoms with Crippen molar-refractivity contribution in [3.63, 3.8) is 0 Å². The van der Waals surface area contributed by atoms with Crippen LogP contribution < -0.4 is 0 Å². The summed E-state index contributed by atoms with van der Waals surface area (Å²) in [5, 5.41) is 1.64. The highest BCUT2D eigenvalue weighted by Crippen LogP contribution is 2.40. The fourth-order valence-electron chi connectivity index (χ4n) is 1.80. The van der Waals surface area contributed by atoms with E-state index in [1.165, 1.54) is 6.92 Å². The molecule has 0 N–H and O–H groups in total. The summed E-state index contributed by atoms with van der Waals surface area (Å²) in [4.78, 5) is 3.96. The summed E-state index contributed by atoms with van der Waals surface area (Å²) in [7, 11) is 0. The van der Waals surface area contributed by atoms with Gasteiger partial charge in [-0.05, 0) is 25.0 Å². The van der Waals surface area contributed by atoms with E-state index in [4.69, 9.17) is 0 Å². The highest BCUT2D eigenvalue weighted by Gasteiger charge is 2.38. The van der Waals surface area contributed by atoms with Crippen molar-refractivity contribution in [1.82, 2.24) is 4.98 Å². The van der Waals surface area contributed by atoms with E-state index in [0.29, 0.717) is 11.3 Å². The molecule has 0 unspecified atom stereocenters. The molecule has 0 radical (unpaired) electrons. The molecule has 0 saturated carbocycles. The van der Waals surface area contributed by atoms with Crippen LogP contribution in [0.25, 0.3) is 11.1 Å². The van der Waals surface area contributed by atoms with Crippen LogP contribution in [-0.2, 0) is 0 Å². The first-order chi connectivity index (χ1) is 8.89. The molecule has 1 aromatic carbocycles. The van der Waals surface area contributed by atoms with E-state index in [1.54, 1.807) is 42.6 Å². The van der Waals surface area contributed by atoms with Gasteiger partial charge < -0.3 is 0 Å². The zero-order chi connectivity index (χ0) is 14.0. The number of nitrogens with zero attached hydrogens (tertiary/aromatic N) is 1. The van der Waals surface area contributed by atoms with Gasteiger partial charge in [0.2, 0.25) is 0 Å². The number of benzene rings is 1. The topological polar surface area (TPSA) is 12.9 Å². The first kappa shape index (κ1) is 13.8. The zero-order valence-corrected chi connectivity index (χ0v) is 11.3. The highest BCUT2D eigenvalue weighted by atomic mass is 32.1. The van der Waals surface area contributed by atoms with E-state index in [1.807, 2.05) is 0 Å². The van der Waals surface area contributed by atoms with Crippen LogP contribution in [-0.4, -0.2) is 11.2 Å². The van der Waals surface area contributed by atoms with Crippen LogP contribution in [0.15, 0.2) is 35.7 Å². The maximum absolute atomic E-state index is 13.3. The minimum absolute atomic E-state index is 0.0198. The summed E-state index contributed by atoms with van der Waals surface area (Å²) in [5.41, 5.74) is 0.699. The summed E-state index contributed by atoms with van der Waals surface area (Å²) >= 11 is 1.02. The van der Waals surface area contributed by atoms with Crippen LogP contribution in [0, 0.1) is 6.92 Å². The molecular weight excluding hydrogens is 271 g/mol. The second-order valence-electron chi connectivity index (χ2n) is 4.16. The summed E-state index contributed by atoms with van der Waals surface area (Å²) < 4.78 is 39.8. The number of allylic oxidation sites excluding steroid dienone is 2. The van der Waals surface area contributed by atoms with Gasteiger partial charge in [0.05, 0.1) is 5.57 Å². The van der Waals surface area contributed by atoms with E-state index >= 15 is 0 Å². The predicted octanol–water partition coefficient (Wildman–Crippen LogP) is 4.94. The Morgan fingerprint density at radius 3 is 2.26 bits per heavy atom. The van der Waals surface area contributed by atoms with Gasteiger partial charge in [0, 0.05) is 11.1 Å². The maximum Gasteiger partial charge on any atom is 0.419 e. The third-order valence-electron chi connectivity index (χ3n) is 2.70. The molecule has 0 bridgehead atoms. The number of alkyl halides is 3. The summed E-state index contributed by atoms with van der Waals surface area (Å²) in [6.45, 7) is 3.17. The molecule has 1 aromatic heterocycles. The predicted molar refractivity (Wildman–Crippen MR) is 71.8 cm³/mol. The lowest BCUT2D eigenvalue weighted by molar-refractivity contribution is -0.0685. The van der Waals surface area contributed by atoms with Gasteiger partial charge in [-0.1, -0.05) is 30.3 Å². The maximum atomic E-state index is 13.3. The Bertz CT molecular complexity index is 597. The van der Waals surface area contributed by atoms with Crippen LogP contribution in [0.4, 0.5) is 13.2 Å². The zero-order valence-electron chi connectivity index (χ0n) is 10.5. The van der Waals surface area contributed by atoms with E-state index in [-0.39, 0.29) is 10.6 Å². The molecule has 0 fully saturated rings. The number of thiazole rings is 1. The number of aromatic nitrogens is 1. The Balaban J connectivity index is 2.62. The Morgan fingerprint density at radius 2 is 1.79 bits per heavy atom. The lowest BCUT2D eigenvalue weighted by Crippen LogP contribution is -2.12. The first-order valence-electron chi connectivity index (χ1n) is 5.65. The van der Waals surface area contributed by atoms with Gasteiger partial charge in [0.15, 0.2) is 0 Å². The van der Waals surface area contributed by atoms with Crippen LogP contribution in [0.3, 0.4) is 0 Å². The second kappa shape index (κ2) is 5.17. The van der Waals surface area contributed by atoms with Crippen molar-refractivity contribution in [2.45, 2.75) is 20.0 Å². The van der Waals surface area contributed by atoms with Gasteiger partial charge in [-0.15, -0.1) is 11.3 Å². The Labute approximate surface area is 113 Å².